The van der Waals surface area contributed by atoms with Crippen molar-refractivity contribution in [1.29, 1.82) is 0 Å². The molecular formula is C33H34ClNO5. The number of ether oxygens (including phenoxy) is 2. The fourth-order valence-electron chi connectivity index (χ4n) is 5.52. The van der Waals surface area contributed by atoms with Crippen molar-refractivity contribution in [3.05, 3.63) is 103 Å². The van der Waals surface area contributed by atoms with Crippen molar-refractivity contribution in [2.45, 2.75) is 59.0 Å². The first-order chi connectivity index (χ1) is 19.3. The monoisotopic (exact) mass is 559 g/mol. The quantitative estimate of drug-likeness (QED) is 0.186. The molecule has 0 saturated carbocycles. The van der Waals surface area contributed by atoms with Crippen LogP contribution >= 0.6 is 11.6 Å². The number of methoxy groups -OCH3 is 1. The summed E-state index contributed by atoms with van der Waals surface area (Å²) < 4.78 is 17.9. The lowest BCUT2D eigenvalue weighted by molar-refractivity contribution is 0.0714. The summed E-state index contributed by atoms with van der Waals surface area (Å²) in [6.45, 7) is 6.80. The molecule has 208 valence electrons. The molecule has 0 radical (unpaired) electrons. The second-order valence-electron chi connectivity index (χ2n) is 10.4. The summed E-state index contributed by atoms with van der Waals surface area (Å²) in [5, 5.41) is 1.03. The first kappa shape index (κ1) is 27.8. The molecule has 1 amide bonds. The fourth-order valence-corrected chi connectivity index (χ4v) is 5.71. The maximum absolute atomic E-state index is 14.1. The van der Waals surface area contributed by atoms with E-state index in [-0.39, 0.29) is 23.6 Å². The van der Waals surface area contributed by atoms with Gasteiger partial charge in [-0.1, -0.05) is 68.1 Å². The number of carbonyl (C=O) groups is 1. The van der Waals surface area contributed by atoms with E-state index in [1.54, 1.807) is 24.1 Å². The molecule has 5 rings (SSSR count). The van der Waals surface area contributed by atoms with Gasteiger partial charge in [-0.2, -0.15) is 0 Å². The molecule has 6 nitrogen and oxygen atoms in total. The van der Waals surface area contributed by atoms with Crippen LogP contribution in [-0.2, 0) is 6.54 Å². The van der Waals surface area contributed by atoms with Crippen molar-refractivity contribution in [3.63, 3.8) is 0 Å². The van der Waals surface area contributed by atoms with Gasteiger partial charge in [0, 0.05) is 11.6 Å². The molecule has 0 aliphatic carbocycles. The summed E-state index contributed by atoms with van der Waals surface area (Å²) in [6, 6.07) is 16.1. The van der Waals surface area contributed by atoms with Gasteiger partial charge in [0.2, 0.25) is 5.76 Å². The predicted molar refractivity (Wildman–Crippen MR) is 158 cm³/mol. The average Bonchev–Trinajstić information content (AvgIpc) is 3.20. The molecule has 2 heterocycles. The summed E-state index contributed by atoms with van der Waals surface area (Å²) in [4.78, 5) is 29.6. The number of halogens is 1. The zero-order valence-corrected chi connectivity index (χ0v) is 24.1. The van der Waals surface area contributed by atoms with Crippen molar-refractivity contribution in [2.24, 2.45) is 0 Å². The van der Waals surface area contributed by atoms with Crippen LogP contribution in [0, 0.1) is 13.8 Å². The second-order valence-corrected chi connectivity index (χ2v) is 10.8. The number of rotatable bonds is 10. The number of hydrogen-bond donors (Lipinski definition) is 0. The van der Waals surface area contributed by atoms with Crippen molar-refractivity contribution in [2.75, 3.05) is 13.7 Å². The Hall–Kier alpha value is -3.77. The smallest absolute Gasteiger partial charge is 0.291 e. The third-order valence-electron chi connectivity index (χ3n) is 7.47. The largest absolute Gasteiger partial charge is 0.493 e. The second kappa shape index (κ2) is 11.8. The van der Waals surface area contributed by atoms with Crippen LogP contribution < -0.4 is 14.9 Å². The SMILES string of the molecule is CCCCCCOc1ccc(C2c3c(oc4cc(C)cc(C)c4c3=O)C(=O)N2Cc2ccccc2Cl)cc1OC. The highest BCUT2D eigenvalue weighted by Gasteiger charge is 2.43. The third kappa shape index (κ3) is 5.20. The number of aryl methyl sites for hydroxylation is 2. The zero-order valence-electron chi connectivity index (χ0n) is 23.4. The Kier molecular flexibility index (Phi) is 8.17. The van der Waals surface area contributed by atoms with E-state index >= 15 is 0 Å². The van der Waals surface area contributed by atoms with Crippen molar-refractivity contribution >= 4 is 28.5 Å². The Bertz CT molecular complexity index is 1630. The molecule has 3 aromatic carbocycles. The van der Waals surface area contributed by atoms with Gasteiger partial charge in [0.15, 0.2) is 16.9 Å². The molecule has 1 aliphatic rings. The van der Waals surface area contributed by atoms with Crippen LogP contribution in [0.25, 0.3) is 11.0 Å². The topological polar surface area (TPSA) is 69.0 Å². The van der Waals surface area contributed by atoms with Gasteiger partial charge in [-0.15, -0.1) is 0 Å². The summed E-state index contributed by atoms with van der Waals surface area (Å²) in [7, 11) is 1.59. The molecule has 7 heteroatoms. The molecule has 1 aromatic heterocycles. The Morgan fingerprint density at radius 1 is 0.975 bits per heavy atom. The maximum atomic E-state index is 14.1. The molecular weight excluding hydrogens is 526 g/mol. The van der Waals surface area contributed by atoms with Gasteiger partial charge < -0.3 is 18.8 Å². The Morgan fingerprint density at radius 3 is 2.52 bits per heavy atom. The summed E-state index contributed by atoms with van der Waals surface area (Å²) in [5.74, 6) is 0.883. The molecule has 0 N–H and O–H groups in total. The van der Waals surface area contributed by atoms with Gasteiger partial charge in [0.05, 0.1) is 30.7 Å². The highest BCUT2D eigenvalue weighted by Crippen LogP contribution is 2.42. The Balaban J connectivity index is 1.62. The van der Waals surface area contributed by atoms with Gasteiger partial charge >= 0.3 is 0 Å². The number of benzene rings is 3. The van der Waals surface area contributed by atoms with E-state index in [1.807, 2.05) is 56.3 Å². The van der Waals surface area contributed by atoms with E-state index in [0.29, 0.717) is 39.7 Å². The average molecular weight is 560 g/mol. The number of amides is 1. The Morgan fingerprint density at radius 2 is 1.77 bits per heavy atom. The standard InChI is InChI=1S/C33H34ClNO5/c1-5-6-7-10-15-39-25-14-13-22(18-26(25)38-4)30-29-31(36)28-21(3)16-20(2)17-27(28)40-32(29)33(37)35(30)19-23-11-8-9-12-24(23)34/h8-9,11-14,16-18,30H,5-7,10,15,19H2,1-4H3. The van der Waals surface area contributed by atoms with Gasteiger partial charge in [0.25, 0.3) is 5.91 Å². The number of nitrogens with zero attached hydrogens (tertiary/aromatic N) is 1. The lowest BCUT2D eigenvalue weighted by Crippen LogP contribution is -2.29. The molecule has 40 heavy (non-hydrogen) atoms. The third-order valence-corrected chi connectivity index (χ3v) is 7.84. The fraction of sp³-hybridized carbons (Fsp3) is 0.333. The van der Waals surface area contributed by atoms with E-state index < -0.39 is 6.04 Å². The number of carbonyl (C=O) groups excluding carboxylic acids is 1. The molecule has 1 unspecified atom stereocenters. The molecule has 0 spiro atoms. The summed E-state index contributed by atoms with van der Waals surface area (Å²) in [5.41, 5.74) is 3.81. The molecule has 0 bridgehead atoms. The van der Waals surface area contributed by atoms with Gasteiger partial charge in [0.1, 0.15) is 5.58 Å². The first-order valence-electron chi connectivity index (χ1n) is 13.8. The highest BCUT2D eigenvalue weighted by atomic mass is 35.5. The van der Waals surface area contributed by atoms with E-state index in [9.17, 15) is 9.59 Å². The van der Waals surface area contributed by atoms with Crippen LogP contribution in [0.4, 0.5) is 0 Å². The molecule has 0 fully saturated rings. The van der Waals surface area contributed by atoms with Gasteiger partial charge in [-0.05, 0) is 66.8 Å². The molecule has 1 aliphatic heterocycles. The van der Waals surface area contributed by atoms with Crippen LogP contribution in [0.15, 0.2) is 63.8 Å². The number of unbranched alkanes of at least 4 members (excludes halogenated alkanes) is 3. The van der Waals surface area contributed by atoms with Gasteiger partial charge in [-0.25, -0.2) is 0 Å². The van der Waals surface area contributed by atoms with E-state index in [0.717, 1.165) is 41.5 Å². The normalized spacial score (nSPS) is 14.6. The van der Waals surface area contributed by atoms with Crippen molar-refractivity contribution in [3.8, 4) is 11.5 Å². The molecule has 4 aromatic rings. The number of hydrogen-bond acceptors (Lipinski definition) is 5. The van der Waals surface area contributed by atoms with Crippen LogP contribution in [0.5, 0.6) is 11.5 Å². The van der Waals surface area contributed by atoms with E-state index in [2.05, 4.69) is 6.92 Å². The highest BCUT2D eigenvalue weighted by molar-refractivity contribution is 6.31. The molecule has 1 atom stereocenters. The van der Waals surface area contributed by atoms with Crippen LogP contribution in [-0.4, -0.2) is 24.5 Å². The minimum atomic E-state index is -0.687. The maximum Gasteiger partial charge on any atom is 0.291 e. The lowest BCUT2D eigenvalue weighted by Gasteiger charge is -2.26. The first-order valence-corrected chi connectivity index (χ1v) is 14.1. The van der Waals surface area contributed by atoms with Gasteiger partial charge in [-0.3, -0.25) is 9.59 Å². The van der Waals surface area contributed by atoms with E-state index in [1.165, 1.54) is 6.42 Å². The predicted octanol–water partition coefficient (Wildman–Crippen LogP) is 7.78. The Labute approximate surface area is 239 Å². The van der Waals surface area contributed by atoms with Crippen molar-refractivity contribution in [1.82, 2.24) is 4.90 Å². The minimum absolute atomic E-state index is 0.0646. The zero-order chi connectivity index (χ0) is 28.4. The van der Waals surface area contributed by atoms with Crippen LogP contribution in [0.3, 0.4) is 0 Å². The van der Waals surface area contributed by atoms with Crippen LogP contribution in [0.1, 0.15) is 77.0 Å². The number of fused-ring (bicyclic) bond motifs is 2. The summed E-state index contributed by atoms with van der Waals surface area (Å²) >= 11 is 6.50. The molecule has 0 saturated heterocycles. The summed E-state index contributed by atoms with van der Waals surface area (Å²) in [6.07, 6.45) is 4.40. The van der Waals surface area contributed by atoms with E-state index in [4.69, 9.17) is 25.5 Å². The lowest BCUT2D eigenvalue weighted by atomic mass is 9.96. The van der Waals surface area contributed by atoms with Crippen LogP contribution in [0.2, 0.25) is 5.02 Å². The van der Waals surface area contributed by atoms with Crippen molar-refractivity contribution < 1.29 is 18.7 Å². The minimum Gasteiger partial charge on any atom is -0.493 e.